The van der Waals surface area contributed by atoms with Gasteiger partial charge in [0.1, 0.15) is 25.7 Å². The van der Waals surface area contributed by atoms with Crippen LogP contribution in [0.3, 0.4) is 0 Å². The largest absolute Gasteiger partial charge is 0.519 e. The minimum Gasteiger partial charge on any atom is -0.465 e. The molecule has 1 aromatic rings. The molecule has 1 aromatic carbocycles. The fourth-order valence-electron chi connectivity index (χ4n) is 2.19. The lowest BCUT2D eigenvalue weighted by Crippen LogP contribution is -2.43. The van der Waals surface area contributed by atoms with Gasteiger partial charge in [0.05, 0.1) is 13.2 Å². The molecule has 0 aromatic heterocycles. The molecule has 0 fully saturated rings. The lowest BCUT2D eigenvalue weighted by atomic mass is 10.1. The Morgan fingerprint density at radius 2 is 1.69 bits per heavy atom. The molecule has 0 heterocycles. The zero-order valence-electron chi connectivity index (χ0n) is 15.1. The average molecular weight is 355 g/mol. The predicted octanol–water partition coefficient (Wildman–Crippen LogP) is 3.14. The smallest absolute Gasteiger partial charge is 0.465 e. The number of esters is 2. The summed E-state index contributed by atoms with van der Waals surface area (Å²) in [4.78, 5) is 31.8. The number of hydrogen-bond donors (Lipinski definition) is 0. The molecule has 0 amide bonds. The van der Waals surface area contributed by atoms with Crippen molar-refractivity contribution in [3.63, 3.8) is 0 Å². The Hall–Kier alpha value is -3.32. The van der Waals surface area contributed by atoms with E-state index in [1.54, 1.807) is 49.9 Å². The van der Waals surface area contributed by atoms with Crippen LogP contribution in [0.5, 0.6) is 0 Å². The second-order valence-electron chi connectivity index (χ2n) is 5.18. The molecular weight excluding hydrogens is 334 g/mol. The van der Waals surface area contributed by atoms with Gasteiger partial charge in [0, 0.05) is 11.8 Å². The summed E-state index contributed by atoms with van der Waals surface area (Å²) >= 11 is 0. The summed E-state index contributed by atoms with van der Waals surface area (Å²) < 4.78 is 10.0. The third kappa shape index (κ3) is 5.95. The van der Waals surface area contributed by atoms with Crippen molar-refractivity contribution in [2.75, 3.05) is 24.7 Å². The van der Waals surface area contributed by atoms with Crippen molar-refractivity contribution in [2.24, 2.45) is 0 Å². The molecule has 0 bridgehead atoms. The van der Waals surface area contributed by atoms with Gasteiger partial charge >= 0.3 is 17.8 Å². The monoisotopic (exact) mass is 355 g/mol. The molecule has 1 atom stereocenters. The van der Waals surface area contributed by atoms with E-state index in [0.717, 1.165) is 0 Å². The van der Waals surface area contributed by atoms with Crippen molar-refractivity contribution in [1.82, 2.24) is 0 Å². The fourth-order valence-corrected chi connectivity index (χ4v) is 2.19. The molecule has 0 radical (unpaired) electrons. The minimum absolute atomic E-state index is 0.0407. The van der Waals surface area contributed by atoms with Crippen LogP contribution in [0, 0.1) is 13.1 Å². The number of carbonyl (C=O) groups excluding carboxylic acids is 2. The molecule has 0 saturated heterocycles. The van der Waals surface area contributed by atoms with Crippen LogP contribution in [0.2, 0.25) is 0 Å². The van der Waals surface area contributed by atoms with Crippen molar-refractivity contribution >= 4 is 23.7 Å². The van der Waals surface area contributed by atoms with Crippen LogP contribution < -0.4 is 4.90 Å². The van der Waals surface area contributed by atoms with Crippen LogP contribution in [-0.2, 0) is 19.1 Å². The number of carbonyl (C=O) groups is 2. The Balaban J connectivity index is 3.12. The number of anilines is 1. The van der Waals surface area contributed by atoms with Crippen molar-refractivity contribution in [3.05, 3.63) is 58.5 Å². The van der Waals surface area contributed by atoms with Gasteiger partial charge in [-0.05, 0) is 38.5 Å². The molecule has 0 aliphatic carbocycles. The number of rotatable bonds is 8. The van der Waals surface area contributed by atoms with Gasteiger partial charge in [-0.1, -0.05) is 12.1 Å². The van der Waals surface area contributed by atoms with E-state index in [1.165, 1.54) is 6.08 Å². The first-order valence-corrected chi connectivity index (χ1v) is 8.12. The first-order valence-electron chi connectivity index (χ1n) is 8.12. The number of ether oxygens (including phenoxy) is 2. The summed E-state index contributed by atoms with van der Waals surface area (Å²) in [6, 6.07) is 6.17. The molecule has 0 N–H and O–H groups in total. The highest BCUT2D eigenvalue weighted by Crippen LogP contribution is 2.20. The van der Waals surface area contributed by atoms with Gasteiger partial charge in [-0.25, -0.2) is 4.79 Å². The highest BCUT2D eigenvalue weighted by molar-refractivity contribution is 5.84. The van der Waals surface area contributed by atoms with Crippen molar-refractivity contribution in [3.8, 4) is 0 Å². The molecule has 7 nitrogen and oxygen atoms in total. The van der Waals surface area contributed by atoms with Crippen molar-refractivity contribution in [2.45, 2.75) is 26.8 Å². The van der Waals surface area contributed by atoms with E-state index in [4.69, 9.17) is 22.6 Å². The van der Waals surface area contributed by atoms with Gasteiger partial charge in [-0.15, -0.1) is 0 Å². The quantitative estimate of drug-likeness (QED) is 0.529. The average Bonchev–Trinajstić information content (AvgIpc) is 2.64. The minimum atomic E-state index is -0.678. The van der Waals surface area contributed by atoms with Gasteiger partial charge in [0.15, 0.2) is 0 Å². The Morgan fingerprint density at radius 3 is 2.19 bits per heavy atom. The summed E-state index contributed by atoms with van der Waals surface area (Å²) in [5.41, 5.74) is 1.30. The van der Waals surface area contributed by atoms with E-state index >= 15 is 0 Å². The van der Waals surface area contributed by atoms with Crippen molar-refractivity contribution in [1.29, 1.82) is 0 Å². The molecule has 1 unspecified atom stereocenters. The molecule has 0 spiro atoms. The second-order valence-corrected chi connectivity index (χ2v) is 5.18. The van der Waals surface area contributed by atoms with E-state index in [2.05, 4.69) is 9.69 Å². The Kier molecular flexibility index (Phi) is 8.39. The Labute approximate surface area is 153 Å². The van der Waals surface area contributed by atoms with Crippen LogP contribution in [0.15, 0.2) is 30.1 Å². The van der Waals surface area contributed by atoms with Gasteiger partial charge in [0.25, 0.3) is 0 Å². The van der Waals surface area contributed by atoms with E-state index in [-0.39, 0.29) is 25.6 Å². The highest BCUT2D eigenvalue weighted by Gasteiger charge is 2.25. The molecule has 0 aliphatic heterocycles. The predicted molar refractivity (Wildman–Crippen MR) is 97.7 cm³/mol. The van der Waals surface area contributed by atoms with E-state index in [0.29, 0.717) is 11.3 Å². The maximum Gasteiger partial charge on any atom is 0.519 e. The first-order chi connectivity index (χ1) is 12.5. The first kappa shape index (κ1) is 20.7. The molecule has 136 valence electrons. The van der Waals surface area contributed by atoms with Gasteiger partial charge in [-0.2, -0.15) is 9.69 Å². The maximum atomic E-state index is 12.1. The zero-order chi connectivity index (χ0) is 19.5. The van der Waals surface area contributed by atoms with Gasteiger partial charge in [-0.3, -0.25) is 4.79 Å². The van der Waals surface area contributed by atoms with E-state index in [1.807, 2.05) is 0 Å². The normalized spacial score (nSPS) is 10.7. The lowest BCUT2D eigenvalue weighted by molar-refractivity contribution is -0.145. The number of nitrogens with zero attached hydrogens (tertiary/aromatic N) is 3. The van der Waals surface area contributed by atoms with Gasteiger partial charge in [0.2, 0.25) is 0 Å². The highest BCUT2D eigenvalue weighted by atomic mass is 16.5. The van der Waals surface area contributed by atoms with E-state index in [9.17, 15) is 9.59 Å². The van der Waals surface area contributed by atoms with Gasteiger partial charge < -0.3 is 14.4 Å². The van der Waals surface area contributed by atoms with Crippen LogP contribution in [0.1, 0.15) is 26.3 Å². The van der Waals surface area contributed by atoms with Crippen LogP contribution in [-0.4, -0.2) is 37.7 Å². The molecule has 7 heteroatoms. The molecular formula is C19H21N3O4. The third-order valence-electron chi connectivity index (χ3n) is 3.45. The number of benzene rings is 1. The fraction of sp³-hybridized carbons (Fsp3) is 0.368. The SMILES string of the molecule is [C-]#[N+]C(=Cc1ccc(N(CC(=O)OCC)C(C)C(=O)OCC)cc1)[N+]#[C-]. The van der Waals surface area contributed by atoms with Crippen molar-refractivity contribution < 1.29 is 19.1 Å². The summed E-state index contributed by atoms with van der Waals surface area (Å²) in [5.74, 6) is -0.930. The maximum absolute atomic E-state index is 12.1. The van der Waals surface area contributed by atoms with Crippen LogP contribution in [0.25, 0.3) is 15.8 Å². The van der Waals surface area contributed by atoms with E-state index < -0.39 is 18.0 Å². The van der Waals surface area contributed by atoms with Crippen LogP contribution >= 0.6 is 0 Å². The Bertz CT molecular complexity index is 726. The second kappa shape index (κ2) is 10.5. The number of hydrogen-bond acceptors (Lipinski definition) is 5. The standard InChI is InChI=1S/C19H21N3O4/c1-6-25-18(23)13-22(14(3)19(24)26-7-2)16-10-8-15(9-11-16)12-17(20-4)21-5/h8-12,14H,6-7,13H2,1-3H3. The zero-order valence-corrected chi connectivity index (χ0v) is 15.1. The summed E-state index contributed by atoms with van der Waals surface area (Å²) in [7, 11) is 0. The lowest BCUT2D eigenvalue weighted by Gasteiger charge is -2.29. The molecule has 1 rings (SSSR count). The topological polar surface area (TPSA) is 64.6 Å². The summed E-state index contributed by atoms with van der Waals surface area (Å²) in [6.07, 6.45) is 1.47. The summed E-state index contributed by atoms with van der Waals surface area (Å²) in [6.45, 7) is 19.3. The summed E-state index contributed by atoms with van der Waals surface area (Å²) in [5, 5.41) is 0. The third-order valence-corrected chi connectivity index (χ3v) is 3.45. The molecule has 0 aliphatic rings. The Morgan fingerprint density at radius 1 is 1.12 bits per heavy atom. The molecule has 26 heavy (non-hydrogen) atoms. The molecule has 0 saturated carbocycles. The van der Waals surface area contributed by atoms with Crippen LogP contribution in [0.4, 0.5) is 5.69 Å².